The number of carbonyl (C=O) groups excluding carboxylic acids is 3. The van der Waals surface area contributed by atoms with Gasteiger partial charge in [0, 0.05) is 0 Å². The van der Waals surface area contributed by atoms with Crippen molar-refractivity contribution in [2.45, 2.75) is 6.54 Å². The fraction of sp³-hybridized carbons (Fsp3) is 0.118. The van der Waals surface area contributed by atoms with Crippen molar-refractivity contribution in [3.63, 3.8) is 0 Å². The smallest absolute Gasteiger partial charge is 0.373 e. The van der Waals surface area contributed by atoms with Gasteiger partial charge in [-0.25, -0.2) is 4.79 Å². The number of aromatic hydroxyl groups is 1. The summed E-state index contributed by atoms with van der Waals surface area (Å²) in [6.45, 7) is -0.129. The lowest BCUT2D eigenvalue weighted by atomic mass is 10.2. The summed E-state index contributed by atoms with van der Waals surface area (Å²) < 4.78 is 9.82. The monoisotopic (exact) mass is 427 g/mol. The van der Waals surface area contributed by atoms with Gasteiger partial charge in [0.15, 0.2) is 5.75 Å². The first kappa shape index (κ1) is 19.3. The minimum absolute atomic E-state index is 0.0246. The van der Waals surface area contributed by atoms with Crippen LogP contribution in [0.1, 0.15) is 21.9 Å². The Bertz CT molecular complexity index is 961. The maximum Gasteiger partial charge on any atom is 0.373 e. The number of hydrogen-bond donors (Lipinski definition) is 1. The van der Waals surface area contributed by atoms with E-state index in [2.05, 4.69) is 4.74 Å². The Balaban J connectivity index is 1.81. The fourth-order valence-electron chi connectivity index (χ4n) is 2.29. The van der Waals surface area contributed by atoms with E-state index < -0.39 is 17.1 Å². The highest BCUT2D eigenvalue weighted by Gasteiger charge is 2.35. The van der Waals surface area contributed by atoms with Crippen molar-refractivity contribution in [2.75, 3.05) is 7.11 Å². The molecule has 1 aromatic heterocycles. The molecule has 0 spiro atoms. The lowest BCUT2D eigenvalue weighted by Crippen LogP contribution is -2.27. The van der Waals surface area contributed by atoms with E-state index in [1.165, 1.54) is 37.5 Å². The number of esters is 1. The summed E-state index contributed by atoms with van der Waals surface area (Å²) in [7, 11) is 1.22. The first-order valence-corrected chi connectivity index (χ1v) is 8.97. The second-order valence-electron chi connectivity index (χ2n) is 5.36. The number of rotatable bonds is 4. The van der Waals surface area contributed by atoms with Gasteiger partial charge in [-0.1, -0.05) is 23.2 Å². The molecule has 0 bridgehead atoms. The average Bonchev–Trinajstić information content (AvgIpc) is 3.20. The molecule has 0 aliphatic carbocycles. The quantitative estimate of drug-likeness (QED) is 0.572. The van der Waals surface area contributed by atoms with Gasteiger partial charge in [0.05, 0.1) is 28.6 Å². The Labute approximate surface area is 167 Å². The number of amides is 2. The summed E-state index contributed by atoms with van der Waals surface area (Å²) in [6.07, 6.45) is 1.45. The van der Waals surface area contributed by atoms with E-state index in [4.69, 9.17) is 27.6 Å². The van der Waals surface area contributed by atoms with Gasteiger partial charge in [0.25, 0.3) is 11.1 Å². The van der Waals surface area contributed by atoms with Gasteiger partial charge in [-0.15, -0.1) is 0 Å². The van der Waals surface area contributed by atoms with E-state index in [0.717, 1.165) is 16.7 Å². The minimum atomic E-state index is -0.656. The molecule has 0 radical (unpaired) electrons. The largest absolute Gasteiger partial charge is 0.505 e. The highest BCUT2D eigenvalue weighted by atomic mass is 35.5. The molecule has 1 aliphatic heterocycles. The zero-order chi connectivity index (χ0) is 19.7. The van der Waals surface area contributed by atoms with E-state index in [1.807, 2.05) is 0 Å². The van der Waals surface area contributed by atoms with Crippen molar-refractivity contribution in [3.05, 3.63) is 56.3 Å². The molecule has 1 saturated heterocycles. The van der Waals surface area contributed by atoms with Crippen molar-refractivity contribution in [3.8, 4) is 5.75 Å². The van der Waals surface area contributed by atoms with E-state index >= 15 is 0 Å². The Kier molecular flexibility index (Phi) is 5.50. The van der Waals surface area contributed by atoms with Crippen LogP contribution in [-0.2, 0) is 16.1 Å². The van der Waals surface area contributed by atoms with Crippen LogP contribution < -0.4 is 0 Å². The van der Waals surface area contributed by atoms with Crippen LogP contribution in [-0.4, -0.2) is 34.2 Å². The van der Waals surface area contributed by atoms with Crippen LogP contribution in [0.5, 0.6) is 5.75 Å². The topological polar surface area (TPSA) is 97.0 Å². The van der Waals surface area contributed by atoms with Crippen LogP contribution in [0.3, 0.4) is 0 Å². The number of phenols is 1. The summed E-state index contributed by atoms with van der Waals surface area (Å²) in [5.41, 5.74) is 0.458. The fourth-order valence-corrected chi connectivity index (χ4v) is 3.63. The molecular formula is C17H11Cl2NO6S. The molecule has 0 atom stereocenters. The summed E-state index contributed by atoms with van der Waals surface area (Å²) >= 11 is 12.5. The highest BCUT2D eigenvalue weighted by Crippen LogP contribution is 2.37. The maximum absolute atomic E-state index is 12.5. The predicted octanol–water partition coefficient (Wildman–Crippen LogP) is 4.32. The summed E-state index contributed by atoms with van der Waals surface area (Å²) in [4.78, 5) is 37.3. The molecule has 140 valence electrons. The van der Waals surface area contributed by atoms with Gasteiger partial charge < -0.3 is 14.3 Å². The van der Waals surface area contributed by atoms with Gasteiger partial charge >= 0.3 is 5.97 Å². The van der Waals surface area contributed by atoms with E-state index in [0.29, 0.717) is 5.56 Å². The number of carbonyl (C=O) groups is 3. The molecule has 10 heteroatoms. The van der Waals surface area contributed by atoms with Crippen LogP contribution >= 0.6 is 35.0 Å². The molecule has 0 saturated carbocycles. The second-order valence-corrected chi connectivity index (χ2v) is 7.17. The normalized spacial score (nSPS) is 15.7. The molecule has 3 rings (SSSR count). The van der Waals surface area contributed by atoms with Gasteiger partial charge in [-0.2, -0.15) is 0 Å². The maximum atomic E-state index is 12.5. The van der Waals surface area contributed by atoms with E-state index in [9.17, 15) is 19.5 Å². The zero-order valence-electron chi connectivity index (χ0n) is 13.7. The third-order valence-corrected chi connectivity index (χ3v) is 5.06. The molecule has 0 unspecified atom stereocenters. The SMILES string of the molecule is COC(=O)c1ccc(CN2C(=O)S/C(=C/c3cc(Cl)c(O)c(Cl)c3)C2=O)o1. The molecule has 2 aromatic rings. The molecule has 1 aliphatic rings. The average molecular weight is 428 g/mol. The van der Waals surface area contributed by atoms with Gasteiger partial charge in [-0.05, 0) is 47.7 Å². The Morgan fingerprint density at radius 2 is 1.96 bits per heavy atom. The lowest BCUT2D eigenvalue weighted by Gasteiger charge is -2.10. The number of ether oxygens (including phenoxy) is 1. The van der Waals surface area contributed by atoms with Crippen molar-refractivity contribution < 1.29 is 28.6 Å². The molecule has 1 aromatic carbocycles. The lowest BCUT2D eigenvalue weighted by molar-refractivity contribution is -0.123. The zero-order valence-corrected chi connectivity index (χ0v) is 16.0. The first-order chi connectivity index (χ1) is 12.8. The molecule has 1 fully saturated rings. The van der Waals surface area contributed by atoms with Crippen molar-refractivity contribution >= 4 is 58.2 Å². The summed E-state index contributed by atoms with van der Waals surface area (Å²) in [5.74, 6) is -1.21. The number of furan rings is 1. The third kappa shape index (κ3) is 3.97. The molecular weight excluding hydrogens is 417 g/mol. The minimum Gasteiger partial charge on any atom is -0.505 e. The predicted molar refractivity (Wildman–Crippen MR) is 99.7 cm³/mol. The number of phenolic OH excluding ortho intramolecular Hbond substituents is 1. The number of methoxy groups -OCH3 is 1. The second kappa shape index (κ2) is 7.67. The number of benzene rings is 1. The molecule has 2 heterocycles. The molecule has 27 heavy (non-hydrogen) atoms. The van der Waals surface area contributed by atoms with Gasteiger partial charge in [0.1, 0.15) is 5.76 Å². The number of nitrogens with zero attached hydrogens (tertiary/aromatic N) is 1. The first-order valence-electron chi connectivity index (χ1n) is 7.40. The Morgan fingerprint density at radius 1 is 1.30 bits per heavy atom. The summed E-state index contributed by atoms with van der Waals surface area (Å²) in [6, 6.07) is 5.73. The highest BCUT2D eigenvalue weighted by molar-refractivity contribution is 8.18. The number of hydrogen-bond acceptors (Lipinski definition) is 7. The van der Waals surface area contributed by atoms with Crippen LogP contribution in [0.4, 0.5) is 4.79 Å². The number of imide groups is 1. The van der Waals surface area contributed by atoms with Crippen molar-refractivity contribution in [1.29, 1.82) is 0 Å². The van der Waals surface area contributed by atoms with Gasteiger partial charge in [0.2, 0.25) is 5.76 Å². The summed E-state index contributed by atoms with van der Waals surface area (Å²) in [5, 5.41) is 9.15. The standard InChI is InChI=1S/C17H11Cl2NO6S/c1-25-16(23)12-3-2-9(26-12)7-20-15(22)13(27-17(20)24)6-8-4-10(18)14(21)11(19)5-8/h2-6,21H,7H2,1H3/b13-6+. The van der Waals surface area contributed by atoms with Gasteiger partial charge in [-0.3, -0.25) is 14.5 Å². The van der Waals surface area contributed by atoms with Crippen LogP contribution in [0.25, 0.3) is 6.08 Å². The molecule has 2 amide bonds. The Morgan fingerprint density at radius 3 is 2.59 bits per heavy atom. The Hall–Kier alpha value is -2.42. The van der Waals surface area contributed by atoms with Crippen LogP contribution in [0, 0.1) is 0 Å². The third-order valence-electron chi connectivity index (χ3n) is 3.57. The van der Waals surface area contributed by atoms with Crippen molar-refractivity contribution in [2.24, 2.45) is 0 Å². The van der Waals surface area contributed by atoms with Crippen molar-refractivity contribution in [1.82, 2.24) is 4.90 Å². The number of thioether (sulfide) groups is 1. The van der Waals surface area contributed by atoms with Crippen LogP contribution in [0.15, 0.2) is 33.6 Å². The van der Waals surface area contributed by atoms with E-state index in [-0.39, 0.29) is 38.8 Å². The molecule has 1 N–H and O–H groups in total. The van der Waals surface area contributed by atoms with E-state index in [1.54, 1.807) is 0 Å². The number of halogens is 2. The van der Waals surface area contributed by atoms with Crippen LogP contribution in [0.2, 0.25) is 10.0 Å². The molecule has 7 nitrogen and oxygen atoms in total.